The van der Waals surface area contributed by atoms with E-state index in [1.54, 1.807) is 29.1 Å². The Bertz CT molecular complexity index is 594. The smallest absolute Gasteiger partial charge is 0.274 e. The molecule has 2 rings (SSSR count). The molecular formula is C14H19N5O2. The number of carbonyl (C=O) groups excluding carboxylic acids is 1. The van der Waals surface area contributed by atoms with Crippen molar-refractivity contribution in [2.75, 3.05) is 20.3 Å². The SMILES string of the molecule is COCCN(Cc1cnn(C)c1)C(=O)c1cnc(C)cn1. The van der Waals surface area contributed by atoms with E-state index >= 15 is 0 Å². The topological polar surface area (TPSA) is 73.1 Å². The van der Waals surface area contributed by atoms with Gasteiger partial charge < -0.3 is 9.64 Å². The molecule has 0 saturated heterocycles. The molecule has 0 N–H and O–H groups in total. The lowest BCUT2D eigenvalue weighted by Crippen LogP contribution is -2.34. The Kier molecular flexibility index (Phi) is 4.99. The number of aryl methyl sites for hydroxylation is 2. The third-order valence-corrected chi connectivity index (χ3v) is 2.98. The molecule has 0 aliphatic heterocycles. The number of amides is 1. The first-order valence-electron chi connectivity index (χ1n) is 6.64. The molecule has 0 fully saturated rings. The van der Waals surface area contributed by atoms with Crippen LogP contribution in [0.15, 0.2) is 24.8 Å². The Morgan fingerprint density at radius 3 is 2.71 bits per heavy atom. The molecule has 0 radical (unpaired) electrons. The molecule has 0 unspecified atom stereocenters. The van der Waals surface area contributed by atoms with Crippen LogP contribution in [0.2, 0.25) is 0 Å². The minimum Gasteiger partial charge on any atom is -0.383 e. The van der Waals surface area contributed by atoms with E-state index in [2.05, 4.69) is 15.1 Å². The third-order valence-electron chi connectivity index (χ3n) is 2.98. The first-order valence-corrected chi connectivity index (χ1v) is 6.64. The summed E-state index contributed by atoms with van der Waals surface area (Å²) in [5.74, 6) is -0.164. The van der Waals surface area contributed by atoms with E-state index in [4.69, 9.17) is 4.74 Å². The van der Waals surface area contributed by atoms with Crippen LogP contribution in [0.5, 0.6) is 0 Å². The molecule has 112 valence electrons. The van der Waals surface area contributed by atoms with Gasteiger partial charge in [0.25, 0.3) is 5.91 Å². The van der Waals surface area contributed by atoms with Gasteiger partial charge in [-0.25, -0.2) is 4.98 Å². The molecular weight excluding hydrogens is 270 g/mol. The molecule has 21 heavy (non-hydrogen) atoms. The van der Waals surface area contributed by atoms with Crippen molar-refractivity contribution in [1.29, 1.82) is 0 Å². The number of methoxy groups -OCH3 is 1. The summed E-state index contributed by atoms with van der Waals surface area (Å²) in [4.78, 5) is 22.4. The van der Waals surface area contributed by atoms with Gasteiger partial charge in [-0.05, 0) is 6.92 Å². The second-order valence-corrected chi connectivity index (χ2v) is 4.78. The molecule has 2 aromatic rings. The number of carbonyl (C=O) groups is 1. The van der Waals surface area contributed by atoms with Gasteiger partial charge in [0.2, 0.25) is 0 Å². The lowest BCUT2D eigenvalue weighted by molar-refractivity contribution is 0.0674. The van der Waals surface area contributed by atoms with Gasteiger partial charge in [0.15, 0.2) is 0 Å². The molecule has 0 saturated carbocycles. The van der Waals surface area contributed by atoms with Crippen LogP contribution in [-0.4, -0.2) is 50.8 Å². The van der Waals surface area contributed by atoms with Gasteiger partial charge in [-0.1, -0.05) is 0 Å². The van der Waals surface area contributed by atoms with E-state index in [9.17, 15) is 4.79 Å². The fourth-order valence-electron chi connectivity index (χ4n) is 1.89. The molecule has 0 spiro atoms. The minimum absolute atomic E-state index is 0.164. The summed E-state index contributed by atoms with van der Waals surface area (Å²) in [7, 11) is 3.45. The molecule has 0 aliphatic rings. The lowest BCUT2D eigenvalue weighted by atomic mass is 10.3. The average molecular weight is 289 g/mol. The highest BCUT2D eigenvalue weighted by molar-refractivity contribution is 5.91. The number of nitrogens with zero attached hydrogens (tertiary/aromatic N) is 5. The quantitative estimate of drug-likeness (QED) is 0.786. The zero-order chi connectivity index (χ0) is 15.2. The van der Waals surface area contributed by atoms with E-state index < -0.39 is 0 Å². The van der Waals surface area contributed by atoms with E-state index in [1.807, 2.05) is 20.2 Å². The van der Waals surface area contributed by atoms with E-state index in [0.717, 1.165) is 11.3 Å². The van der Waals surface area contributed by atoms with Crippen molar-refractivity contribution in [2.24, 2.45) is 7.05 Å². The second kappa shape index (κ2) is 6.94. The van der Waals surface area contributed by atoms with Gasteiger partial charge in [0.1, 0.15) is 5.69 Å². The molecule has 2 aromatic heterocycles. The van der Waals surface area contributed by atoms with E-state index in [-0.39, 0.29) is 5.91 Å². The first-order chi connectivity index (χ1) is 10.1. The highest BCUT2D eigenvalue weighted by Gasteiger charge is 2.18. The summed E-state index contributed by atoms with van der Waals surface area (Å²) in [6, 6.07) is 0. The maximum Gasteiger partial charge on any atom is 0.274 e. The maximum atomic E-state index is 12.5. The van der Waals surface area contributed by atoms with E-state index in [0.29, 0.717) is 25.4 Å². The van der Waals surface area contributed by atoms with Gasteiger partial charge in [-0.3, -0.25) is 14.5 Å². The zero-order valence-corrected chi connectivity index (χ0v) is 12.5. The molecule has 0 atom stereocenters. The molecule has 7 heteroatoms. The molecule has 7 nitrogen and oxygen atoms in total. The third kappa shape index (κ3) is 4.09. The molecule has 1 amide bonds. The Labute approximate surface area is 123 Å². The molecule has 2 heterocycles. The Morgan fingerprint density at radius 1 is 1.33 bits per heavy atom. The minimum atomic E-state index is -0.164. The number of aromatic nitrogens is 4. The Morgan fingerprint density at radius 2 is 2.14 bits per heavy atom. The predicted octanol–water partition coefficient (Wildman–Crippen LogP) is 0.807. The van der Waals surface area contributed by atoms with Crippen LogP contribution >= 0.6 is 0 Å². The van der Waals surface area contributed by atoms with Crippen molar-refractivity contribution >= 4 is 5.91 Å². The standard InChI is InChI=1S/C14H19N5O2/c1-11-6-16-13(8-15-11)14(20)19(4-5-21-3)10-12-7-17-18(2)9-12/h6-9H,4-5,10H2,1-3H3. The summed E-state index contributed by atoms with van der Waals surface area (Å²) >= 11 is 0. The predicted molar refractivity (Wildman–Crippen MR) is 76.6 cm³/mol. The van der Waals surface area contributed by atoms with Gasteiger partial charge in [-0.2, -0.15) is 5.10 Å². The van der Waals surface area contributed by atoms with Crippen LogP contribution in [0, 0.1) is 6.92 Å². The van der Waals surface area contributed by atoms with Crippen molar-refractivity contribution in [3.05, 3.63) is 41.7 Å². The largest absolute Gasteiger partial charge is 0.383 e. The number of hydrogen-bond donors (Lipinski definition) is 0. The number of hydrogen-bond acceptors (Lipinski definition) is 5. The lowest BCUT2D eigenvalue weighted by Gasteiger charge is -2.21. The summed E-state index contributed by atoms with van der Waals surface area (Å²) < 4.78 is 6.78. The maximum absolute atomic E-state index is 12.5. The number of rotatable bonds is 6. The van der Waals surface area contributed by atoms with Crippen LogP contribution in [0.4, 0.5) is 0 Å². The van der Waals surface area contributed by atoms with Crippen molar-refractivity contribution < 1.29 is 9.53 Å². The van der Waals surface area contributed by atoms with Gasteiger partial charge in [-0.15, -0.1) is 0 Å². The van der Waals surface area contributed by atoms with Gasteiger partial charge in [0.05, 0.1) is 24.7 Å². The van der Waals surface area contributed by atoms with Crippen LogP contribution in [0.3, 0.4) is 0 Å². The van der Waals surface area contributed by atoms with Crippen LogP contribution in [0.25, 0.3) is 0 Å². The Hall–Kier alpha value is -2.28. The monoisotopic (exact) mass is 289 g/mol. The van der Waals surface area contributed by atoms with Crippen LogP contribution < -0.4 is 0 Å². The van der Waals surface area contributed by atoms with Crippen LogP contribution in [0.1, 0.15) is 21.7 Å². The zero-order valence-electron chi connectivity index (χ0n) is 12.5. The Balaban J connectivity index is 2.14. The summed E-state index contributed by atoms with van der Waals surface area (Å²) in [5, 5.41) is 4.11. The van der Waals surface area contributed by atoms with Gasteiger partial charge >= 0.3 is 0 Å². The molecule has 0 bridgehead atoms. The summed E-state index contributed by atoms with van der Waals surface area (Å²) in [6.07, 6.45) is 6.72. The van der Waals surface area contributed by atoms with E-state index in [1.165, 1.54) is 6.20 Å². The van der Waals surface area contributed by atoms with Crippen molar-refractivity contribution in [2.45, 2.75) is 13.5 Å². The second-order valence-electron chi connectivity index (χ2n) is 4.78. The highest BCUT2D eigenvalue weighted by atomic mass is 16.5. The fraction of sp³-hybridized carbons (Fsp3) is 0.429. The molecule has 0 aromatic carbocycles. The van der Waals surface area contributed by atoms with Gasteiger partial charge in [0, 0.05) is 45.2 Å². The van der Waals surface area contributed by atoms with Crippen molar-refractivity contribution in [3.8, 4) is 0 Å². The molecule has 0 aliphatic carbocycles. The number of ether oxygens (including phenoxy) is 1. The fourth-order valence-corrected chi connectivity index (χ4v) is 1.89. The summed E-state index contributed by atoms with van der Waals surface area (Å²) in [6.45, 7) is 3.25. The first kappa shape index (κ1) is 15.1. The highest BCUT2D eigenvalue weighted by Crippen LogP contribution is 2.08. The summed E-state index contributed by atoms with van der Waals surface area (Å²) in [5.41, 5.74) is 2.07. The van der Waals surface area contributed by atoms with Crippen molar-refractivity contribution in [1.82, 2.24) is 24.6 Å². The van der Waals surface area contributed by atoms with Crippen molar-refractivity contribution in [3.63, 3.8) is 0 Å². The average Bonchev–Trinajstić information content (AvgIpc) is 2.89. The normalized spacial score (nSPS) is 10.6. The van der Waals surface area contributed by atoms with Crippen LogP contribution in [-0.2, 0) is 18.3 Å².